The molecule has 108 valence electrons. The lowest BCUT2D eigenvalue weighted by molar-refractivity contribution is 0.0975. The highest BCUT2D eigenvalue weighted by molar-refractivity contribution is 6.06. The van der Waals surface area contributed by atoms with Crippen molar-refractivity contribution in [1.82, 2.24) is 0 Å². The summed E-state index contributed by atoms with van der Waals surface area (Å²) >= 11 is 0. The Hall–Kier alpha value is -2.16. The van der Waals surface area contributed by atoms with Crippen molar-refractivity contribution in [3.05, 3.63) is 66.0 Å². The first-order valence-electron chi connectivity index (χ1n) is 7.31. The standard InChI is InChI=1S/C18H18FNO/c1-13(14-7-8-14)20(17-5-3-2-4-6-17)18(21)15-9-11-16(19)12-10-15/h2-6,9-14H,7-8H2,1H3. The molecule has 1 aliphatic carbocycles. The zero-order valence-electron chi connectivity index (χ0n) is 12.0. The predicted octanol–water partition coefficient (Wildman–Crippen LogP) is 4.27. The van der Waals surface area contributed by atoms with Crippen LogP contribution in [0.15, 0.2) is 54.6 Å². The van der Waals surface area contributed by atoms with Crippen molar-refractivity contribution in [2.24, 2.45) is 5.92 Å². The van der Waals surface area contributed by atoms with Gasteiger partial charge in [0.05, 0.1) is 0 Å². The van der Waals surface area contributed by atoms with Gasteiger partial charge in [-0.2, -0.15) is 0 Å². The number of benzene rings is 2. The third-order valence-electron chi connectivity index (χ3n) is 4.06. The van der Waals surface area contributed by atoms with E-state index in [9.17, 15) is 9.18 Å². The van der Waals surface area contributed by atoms with E-state index >= 15 is 0 Å². The van der Waals surface area contributed by atoms with Crippen LogP contribution in [0, 0.1) is 11.7 Å². The molecule has 0 aliphatic heterocycles. The van der Waals surface area contributed by atoms with Crippen molar-refractivity contribution in [1.29, 1.82) is 0 Å². The van der Waals surface area contributed by atoms with E-state index in [1.807, 2.05) is 35.2 Å². The highest BCUT2D eigenvalue weighted by atomic mass is 19.1. The van der Waals surface area contributed by atoms with Crippen LogP contribution in [0.1, 0.15) is 30.1 Å². The van der Waals surface area contributed by atoms with Gasteiger partial charge in [0.15, 0.2) is 0 Å². The van der Waals surface area contributed by atoms with E-state index in [1.54, 1.807) is 12.1 Å². The lowest BCUT2D eigenvalue weighted by Crippen LogP contribution is -2.40. The minimum atomic E-state index is -0.326. The number of carbonyl (C=O) groups excluding carboxylic acids is 1. The lowest BCUT2D eigenvalue weighted by atomic mass is 10.1. The first-order valence-corrected chi connectivity index (χ1v) is 7.31. The molecule has 1 atom stereocenters. The normalized spacial score (nSPS) is 15.5. The number of carbonyl (C=O) groups is 1. The third-order valence-corrected chi connectivity index (χ3v) is 4.06. The second-order valence-electron chi connectivity index (χ2n) is 5.60. The van der Waals surface area contributed by atoms with E-state index in [2.05, 4.69) is 6.92 Å². The molecule has 1 amide bonds. The van der Waals surface area contributed by atoms with Gasteiger partial charge in [-0.15, -0.1) is 0 Å². The highest BCUT2D eigenvalue weighted by Gasteiger charge is 2.35. The van der Waals surface area contributed by atoms with Crippen molar-refractivity contribution in [3.63, 3.8) is 0 Å². The summed E-state index contributed by atoms with van der Waals surface area (Å²) in [5.74, 6) is 0.170. The van der Waals surface area contributed by atoms with Crippen LogP contribution in [0.4, 0.5) is 10.1 Å². The van der Waals surface area contributed by atoms with E-state index in [1.165, 1.54) is 25.0 Å². The molecule has 0 bridgehead atoms. The van der Waals surface area contributed by atoms with Gasteiger partial charge < -0.3 is 4.90 Å². The SMILES string of the molecule is CC(C1CC1)N(C(=O)c1ccc(F)cc1)c1ccccc1. The molecule has 1 fully saturated rings. The number of hydrogen-bond acceptors (Lipinski definition) is 1. The van der Waals surface area contributed by atoms with E-state index in [-0.39, 0.29) is 17.8 Å². The monoisotopic (exact) mass is 283 g/mol. The van der Waals surface area contributed by atoms with Gasteiger partial charge in [0.2, 0.25) is 0 Å². The fraction of sp³-hybridized carbons (Fsp3) is 0.278. The number of amides is 1. The van der Waals surface area contributed by atoms with Crippen LogP contribution in [0.25, 0.3) is 0 Å². The van der Waals surface area contributed by atoms with Crippen LogP contribution in [0.3, 0.4) is 0 Å². The van der Waals surface area contributed by atoms with Crippen molar-refractivity contribution >= 4 is 11.6 Å². The molecule has 0 saturated heterocycles. The quantitative estimate of drug-likeness (QED) is 0.820. The molecule has 3 heteroatoms. The summed E-state index contributed by atoms with van der Waals surface area (Å²) in [6.07, 6.45) is 2.34. The first-order chi connectivity index (χ1) is 10.2. The number of para-hydroxylation sites is 1. The van der Waals surface area contributed by atoms with Gasteiger partial charge in [0.25, 0.3) is 5.91 Å². The smallest absolute Gasteiger partial charge is 0.258 e. The zero-order chi connectivity index (χ0) is 14.8. The summed E-state index contributed by atoms with van der Waals surface area (Å²) in [5.41, 5.74) is 1.42. The molecular formula is C18H18FNO. The van der Waals surface area contributed by atoms with Crippen molar-refractivity contribution in [2.75, 3.05) is 4.90 Å². The molecule has 3 rings (SSSR count). The van der Waals surface area contributed by atoms with Crippen molar-refractivity contribution in [3.8, 4) is 0 Å². The Balaban J connectivity index is 1.94. The van der Waals surface area contributed by atoms with Crippen molar-refractivity contribution in [2.45, 2.75) is 25.8 Å². The number of halogens is 1. The van der Waals surface area contributed by atoms with Gasteiger partial charge in [0.1, 0.15) is 5.82 Å². The molecule has 2 nitrogen and oxygen atoms in total. The Labute approximate surface area is 124 Å². The summed E-state index contributed by atoms with van der Waals surface area (Å²) in [4.78, 5) is 14.7. The molecule has 1 unspecified atom stereocenters. The molecule has 1 saturated carbocycles. The molecule has 0 aromatic heterocycles. The highest BCUT2D eigenvalue weighted by Crippen LogP contribution is 2.37. The maximum atomic E-state index is 13.0. The minimum Gasteiger partial charge on any atom is -0.305 e. The van der Waals surface area contributed by atoms with Crippen LogP contribution in [0.2, 0.25) is 0 Å². The fourth-order valence-corrected chi connectivity index (χ4v) is 2.65. The van der Waals surface area contributed by atoms with Crippen LogP contribution in [-0.4, -0.2) is 11.9 Å². The molecule has 21 heavy (non-hydrogen) atoms. The van der Waals surface area contributed by atoms with Crippen LogP contribution in [-0.2, 0) is 0 Å². The predicted molar refractivity (Wildman–Crippen MR) is 81.8 cm³/mol. The average molecular weight is 283 g/mol. The largest absolute Gasteiger partial charge is 0.305 e. The Bertz CT molecular complexity index is 619. The molecule has 0 radical (unpaired) electrons. The van der Waals surface area contributed by atoms with Crippen LogP contribution >= 0.6 is 0 Å². The van der Waals surface area contributed by atoms with E-state index in [0.29, 0.717) is 11.5 Å². The maximum Gasteiger partial charge on any atom is 0.258 e. The number of rotatable bonds is 4. The average Bonchev–Trinajstić information content (AvgIpc) is 3.34. The van der Waals surface area contributed by atoms with E-state index in [0.717, 1.165) is 5.69 Å². The molecule has 2 aromatic carbocycles. The molecule has 0 heterocycles. The summed E-state index contributed by atoms with van der Waals surface area (Å²) in [7, 11) is 0. The number of hydrogen-bond donors (Lipinski definition) is 0. The Morgan fingerprint density at radius 1 is 1.10 bits per heavy atom. The second kappa shape index (κ2) is 5.68. The molecule has 2 aromatic rings. The summed E-state index contributed by atoms with van der Waals surface area (Å²) < 4.78 is 13.0. The maximum absolute atomic E-state index is 13.0. The molecule has 0 N–H and O–H groups in total. The van der Waals surface area contributed by atoms with Gasteiger partial charge >= 0.3 is 0 Å². The number of anilines is 1. The molecule has 1 aliphatic rings. The fourth-order valence-electron chi connectivity index (χ4n) is 2.65. The van der Waals surface area contributed by atoms with Crippen molar-refractivity contribution < 1.29 is 9.18 Å². The topological polar surface area (TPSA) is 20.3 Å². The molecular weight excluding hydrogens is 265 g/mol. The second-order valence-corrected chi connectivity index (χ2v) is 5.60. The Morgan fingerprint density at radius 2 is 1.71 bits per heavy atom. The van der Waals surface area contributed by atoms with Gasteiger partial charge in [0, 0.05) is 17.3 Å². The van der Waals surface area contributed by atoms with E-state index < -0.39 is 0 Å². The zero-order valence-corrected chi connectivity index (χ0v) is 12.0. The van der Waals surface area contributed by atoms with Crippen LogP contribution < -0.4 is 4.90 Å². The van der Waals surface area contributed by atoms with Gasteiger partial charge in [-0.05, 0) is 62.1 Å². The van der Waals surface area contributed by atoms with Gasteiger partial charge in [-0.3, -0.25) is 4.79 Å². The van der Waals surface area contributed by atoms with Gasteiger partial charge in [-0.1, -0.05) is 18.2 Å². The lowest BCUT2D eigenvalue weighted by Gasteiger charge is -2.29. The summed E-state index contributed by atoms with van der Waals surface area (Å²) in [5, 5.41) is 0. The minimum absolute atomic E-state index is 0.0689. The third kappa shape index (κ3) is 2.97. The van der Waals surface area contributed by atoms with Gasteiger partial charge in [-0.25, -0.2) is 4.39 Å². The van der Waals surface area contributed by atoms with Crippen LogP contribution in [0.5, 0.6) is 0 Å². The van der Waals surface area contributed by atoms with E-state index in [4.69, 9.17) is 0 Å². The summed E-state index contributed by atoms with van der Waals surface area (Å²) in [6, 6.07) is 15.6. The Kier molecular flexibility index (Phi) is 3.74. The number of nitrogens with zero attached hydrogens (tertiary/aromatic N) is 1. The summed E-state index contributed by atoms with van der Waals surface area (Å²) in [6.45, 7) is 2.09. The first kappa shape index (κ1) is 13.8. The molecule has 0 spiro atoms. The Morgan fingerprint density at radius 3 is 2.29 bits per heavy atom.